The summed E-state index contributed by atoms with van der Waals surface area (Å²) in [6, 6.07) is 14.2. The molecule has 2 aromatic rings. The summed E-state index contributed by atoms with van der Waals surface area (Å²) in [6.07, 6.45) is 0.998. The third-order valence-corrected chi connectivity index (χ3v) is 4.92. The topological polar surface area (TPSA) is 26.7 Å². The number of aryl methyl sites for hydroxylation is 1. The number of phenols is 1. The first-order valence-electron chi connectivity index (χ1n) is 8.45. The van der Waals surface area contributed by atoms with Gasteiger partial charge in [0, 0.05) is 38.4 Å². The Hall–Kier alpha value is -2.00. The molecular weight excluding hydrogens is 284 g/mol. The maximum absolute atomic E-state index is 9.54. The number of hydrogen-bond donors (Lipinski definition) is 1. The van der Waals surface area contributed by atoms with E-state index in [0.29, 0.717) is 5.75 Å². The maximum atomic E-state index is 9.54. The fraction of sp³-hybridized carbons (Fsp3) is 0.400. The molecule has 0 spiro atoms. The minimum absolute atomic E-state index is 0.363. The summed E-state index contributed by atoms with van der Waals surface area (Å²) in [6.45, 7) is 9.85. The van der Waals surface area contributed by atoms with Crippen molar-refractivity contribution in [1.29, 1.82) is 0 Å². The predicted octanol–water partition coefficient (Wildman–Crippen LogP) is 3.37. The molecular formula is C20H26N2O. The van der Waals surface area contributed by atoms with Crippen LogP contribution in [0.2, 0.25) is 0 Å². The number of piperazine rings is 1. The van der Waals surface area contributed by atoms with Crippen LogP contribution in [0.4, 0.5) is 5.69 Å². The minimum Gasteiger partial charge on any atom is -0.508 e. The van der Waals surface area contributed by atoms with E-state index in [1.807, 2.05) is 12.1 Å². The lowest BCUT2D eigenvalue weighted by Gasteiger charge is -2.37. The van der Waals surface area contributed by atoms with Crippen LogP contribution in [0.25, 0.3) is 0 Å². The first-order valence-corrected chi connectivity index (χ1v) is 8.45. The van der Waals surface area contributed by atoms with Gasteiger partial charge in [-0.1, -0.05) is 24.3 Å². The van der Waals surface area contributed by atoms with Gasteiger partial charge in [0.1, 0.15) is 5.75 Å². The molecule has 1 saturated heterocycles. The zero-order chi connectivity index (χ0) is 16.2. The lowest BCUT2D eigenvalue weighted by molar-refractivity contribution is 0.261. The fourth-order valence-electron chi connectivity index (χ4n) is 3.29. The third-order valence-electron chi connectivity index (χ3n) is 4.92. The molecule has 1 fully saturated rings. The largest absolute Gasteiger partial charge is 0.508 e. The maximum Gasteiger partial charge on any atom is 0.115 e. The lowest BCUT2D eigenvalue weighted by Crippen LogP contribution is -2.47. The number of phenolic OH excluding ortho intramolecular Hbond substituents is 1. The van der Waals surface area contributed by atoms with Crippen LogP contribution in [-0.2, 0) is 6.42 Å². The summed E-state index contributed by atoms with van der Waals surface area (Å²) < 4.78 is 0. The van der Waals surface area contributed by atoms with Crippen LogP contribution >= 0.6 is 0 Å². The third kappa shape index (κ3) is 3.85. The molecule has 3 nitrogen and oxygen atoms in total. The fourth-order valence-corrected chi connectivity index (χ4v) is 3.29. The number of anilines is 1. The Kier molecular flexibility index (Phi) is 4.87. The van der Waals surface area contributed by atoms with Crippen molar-refractivity contribution in [3.63, 3.8) is 0 Å². The Morgan fingerprint density at radius 3 is 2.43 bits per heavy atom. The van der Waals surface area contributed by atoms with Crippen LogP contribution in [0.1, 0.15) is 16.7 Å². The summed E-state index contributed by atoms with van der Waals surface area (Å²) >= 11 is 0. The van der Waals surface area contributed by atoms with E-state index in [1.54, 1.807) is 6.07 Å². The Labute approximate surface area is 139 Å². The van der Waals surface area contributed by atoms with Crippen LogP contribution in [-0.4, -0.2) is 42.7 Å². The van der Waals surface area contributed by atoms with Gasteiger partial charge in [0.2, 0.25) is 0 Å². The molecule has 0 unspecified atom stereocenters. The van der Waals surface area contributed by atoms with Crippen molar-refractivity contribution in [2.45, 2.75) is 20.3 Å². The highest BCUT2D eigenvalue weighted by atomic mass is 16.3. The number of hydrogen-bond acceptors (Lipinski definition) is 3. The Bertz CT molecular complexity index is 660. The van der Waals surface area contributed by atoms with E-state index in [0.717, 1.165) is 39.1 Å². The van der Waals surface area contributed by atoms with Gasteiger partial charge in [0.25, 0.3) is 0 Å². The Balaban J connectivity index is 1.53. The van der Waals surface area contributed by atoms with Gasteiger partial charge < -0.3 is 10.0 Å². The van der Waals surface area contributed by atoms with E-state index in [2.05, 4.69) is 47.9 Å². The molecule has 0 bridgehead atoms. The Morgan fingerprint density at radius 1 is 0.957 bits per heavy atom. The van der Waals surface area contributed by atoms with Crippen molar-refractivity contribution in [2.75, 3.05) is 37.6 Å². The smallest absolute Gasteiger partial charge is 0.115 e. The van der Waals surface area contributed by atoms with Gasteiger partial charge >= 0.3 is 0 Å². The highest BCUT2D eigenvalue weighted by Crippen LogP contribution is 2.24. The predicted molar refractivity (Wildman–Crippen MR) is 96.4 cm³/mol. The first kappa shape index (κ1) is 15.9. The average Bonchev–Trinajstić information content (AvgIpc) is 2.56. The molecule has 0 saturated carbocycles. The molecule has 0 atom stereocenters. The SMILES string of the molecule is Cc1cccc(N2CCN(CCc3cccc(O)c3)CC2)c1C. The molecule has 122 valence electrons. The van der Waals surface area contributed by atoms with Gasteiger partial charge in [0.05, 0.1) is 0 Å². The molecule has 2 aromatic carbocycles. The summed E-state index contributed by atoms with van der Waals surface area (Å²) in [7, 11) is 0. The Morgan fingerprint density at radius 2 is 1.70 bits per heavy atom. The first-order chi connectivity index (χ1) is 11.1. The highest BCUT2D eigenvalue weighted by molar-refractivity contribution is 5.56. The van der Waals surface area contributed by atoms with Crippen molar-refractivity contribution in [1.82, 2.24) is 4.90 Å². The van der Waals surface area contributed by atoms with Crippen LogP contribution in [0.5, 0.6) is 5.75 Å². The van der Waals surface area contributed by atoms with Gasteiger partial charge in [-0.05, 0) is 55.2 Å². The van der Waals surface area contributed by atoms with Crippen molar-refractivity contribution < 1.29 is 5.11 Å². The van der Waals surface area contributed by atoms with Gasteiger partial charge in [-0.15, -0.1) is 0 Å². The number of nitrogens with zero attached hydrogens (tertiary/aromatic N) is 2. The molecule has 1 N–H and O–H groups in total. The van der Waals surface area contributed by atoms with Crippen molar-refractivity contribution in [2.24, 2.45) is 0 Å². The minimum atomic E-state index is 0.363. The van der Waals surface area contributed by atoms with Crippen molar-refractivity contribution in [3.8, 4) is 5.75 Å². The number of aromatic hydroxyl groups is 1. The second-order valence-electron chi connectivity index (χ2n) is 6.47. The second-order valence-corrected chi connectivity index (χ2v) is 6.47. The summed E-state index contributed by atoms with van der Waals surface area (Å²) in [5, 5.41) is 9.54. The average molecular weight is 310 g/mol. The van der Waals surface area contributed by atoms with Crippen molar-refractivity contribution >= 4 is 5.69 Å². The van der Waals surface area contributed by atoms with Gasteiger partial charge in [0.15, 0.2) is 0 Å². The zero-order valence-corrected chi connectivity index (χ0v) is 14.1. The molecule has 0 amide bonds. The van der Waals surface area contributed by atoms with E-state index in [4.69, 9.17) is 0 Å². The molecule has 0 radical (unpaired) electrons. The summed E-state index contributed by atoms with van der Waals surface area (Å²) in [5.74, 6) is 0.363. The summed E-state index contributed by atoms with van der Waals surface area (Å²) in [5.41, 5.74) is 5.37. The van der Waals surface area contributed by atoms with Gasteiger partial charge in [-0.25, -0.2) is 0 Å². The van der Waals surface area contributed by atoms with Crippen LogP contribution in [0, 0.1) is 13.8 Å². The number of benzene rings is 2. The highest BCUT2D eigenvalue weighted by Gasteiger charge is 2.18. The second kappa shape index (κ2) is 7.05. The van der Waals surface area contributed by atoms with Gasteiger partial charge in [-0.2, -0.15) is 0 Å². The molecule has 3 heteroatoms. The molecule has 23 heavy (non-hydrogen) atoms. The monoisotopic (exact) mass is 310 g/mol. The van der Waals surface area contributed by atoms with E-state index >= 15 is 0 Å². The van der Waals surface area contributed by atoms with E-state index < -0.39 is 0 Å². The van der Waals surface area contributed by atoms with E-state index in [-0.39, 0.29) is 0 Å². The standard InChI is InChI=1S/C20H26N2O/c1-16-5-3-8-20(17(16)2)22-13-11-21(12-14-22)10-9-18-6-4-7-19(23)15-18/h3-8,15,23H,9-14H2,1-2H3. The molecule has 1 aliphatic heterocycles. The lowest BCUT2D eigenvalue weighted by atomic mass is 10.1. The normalized spacial score (nSPS) is 15.8. The molecule has 3 rings (SSSR count). The molecule has 0 aliphatic carbocycles. The van der Waals surface area contributed by atoms with E-state index in [9.17, 15) is 5.11 Å². The summed E-state index contributed by atoms with van der Waals surface area (Å²) in [4.78, 5) is 5.03. The van der Waals surface area contributed by atoms with Crippen LogP contribution in [0.3, 0.4) is 0 Å². The molecule has 0 aromatic heterocycles. The zero-order valence-electron chi connectivity index (χ0n) is 14.1. The quantitative estimate of drug-likeness (QED) is 0.938. The molecule has 1 heterocycles. The number of rotatable bonds is 4. The van der Waals surface area contributed by atoms with Gasteiger partial charge in [-0.3, -0.25) is 4.90 Å². The molecule has 1 aliphatic rings. The van der Waals surface area contributed by atoms with E-state index in [1.165, 1.54) is 22.4 Å². The van der Waals surface area contributed by atoms with Crippen molar-refractivity contribution in [3.05, 3.63) is 59.2 Å². The van der Waals surface area contributed by atoms with Crippen LogP contribution < -0.4 is 4.90 Å². The van der Waals surface area contributed by atoms with Crippen LogP contribution in [0.15, 0.2) is 42.5 Å².